The molecule has 20 valence electrons. The Hall–Kier alpha value is 1.05. The molecule has 0 amide bonds. The molecule has 0 heterocycles. The number of hydrogen-bond donors (Lipinski definition) is 0. The smallest absolute Gasteiger partial charge is 0.0583 e. The molecule has 0 N–H and O–H groups in total. The van der Waals surface area contributed by atoms with E-state index >= 15 is 0 Å². The molecule has 0 aliphatic heterocycles. The van der Waals surface area contributed by atoms with Crippen LogP contribution in [0.1, 0.15) is 0 Å². The number of hydrogen-bond acceptors (Lipinski definition) is 0. The summed E-state index contributed by atoms with van der Waals surface area (Å²) in [5.41, 5.74) is 0. The van der Waals surface area contributed by atoms with E-state index in [0.29, 0.717) is 8.15 Å². The fourth-order valence-electron chi connectivity index (χ4n) is 0. The van der Waals surface area contributed by atoms with Crippen molar-refractivity contribution >= 4 is 38.2 Å². The van der Waals surface area contributed by atoms with Crippen LogP contribution in [0, 0.1) is 0 Å². The van der Waals surface area contributed by atoms with E-state index in [-0.39, 0.29) is 0 Å². The van der Waals surface area contributed by atoms with Gasteiger partial charge in [-0.15, -0.1) is 0 Å². The summed E-state index contributed by atoms with van der Waals surface area (Å²) >= 11 is 0. The van der Waals surface area contributed by atoms with Crippen LogP contribution >= 0.6 is 15.5 Å². The summed E-state index contributed by atoms with van der Waals surface area (Å²) in [4.78, 5) is 0. The lowest BCUT2D eigenvalue weighted by Crippen LogP contribution is -1.53. The van der Waals surface area contributed by atoms with Crippen molar-refractivity contribution in [2.75, 3.05) is 0 Å². The van der Waals surface area contributed by atoms with Crippen molar-refractivity contribution in [2.24, 2.45) is 0 Å². The van der Waals surface area contributed by atoms with E-state index < -0.39 is 7.37 Å². The van der Waals surface area contributed by atoms with Gasteiger partial charge in [-0.3, -0.25) is 0 Å². The van der Waals surface area contributed by atoms with Crippen molar-refractivity contribution < 1.29 is 0 Å². The summed E-state index contributed by atoms with van der Waals surface area (Å²) in [6.07, 6.45) is 0. The van der Waals surface area contributed by atoms with Gasteiger partial charge in [0, 0.05) is 0 Å². The van der Waals surface area contributed by atoms with Crippen LogP contribution in [-0.2, 0) is 0 Å². The molecule has 6 radical (unpaired) electrons. The van der Waals surface area contributed by atoms with Gasteiger partial charge in [0.2, 0.25) is 0 Å². The van der Waals surface area contributed by atoms with Gasteiger partial charge in [0.25, 0.3) is 0 Å². The van der Waals surface area contributed by atoms with Crippen molar-refractivity contribution in [1.29, 1.82) is 0 Å². The molecule has 0 aliphatic carbocycles. The normalized spacial score (nSPS) is 11.4. The molecule has 5 heavy (non-hydrogen) atoms. The second-order valence-corrected chi connectivity index (χ2v) is 3.56. The molecule has 0 unspecified atom stereocenters. The van der Waals surface area contributed by atoms with Crippen molar-refractivity contribution in [1.82, 2.24) is 0 Å². The first-order valence-electron chi connectivity index (χ1n) is 0.975. The molecule has 5 heteroatoms. The van der Waals surface area contributed by atoms with E-state index in [4.69, 9.17) is 22.7 Å². The minimum absolute atomic E-state index is 0.617. The van der Waals surface area contributed by atoms with Crippen molar-refractivity contribution in [3.8, 4) is 0 Å². The first kappa shape index (κ1) is 6.05. The highest BCUT2D eigenvalue weighted by molar-refractivity contribution is 8.49. The molecule has 0 rings (SSSR count). The van der Waals surface area contributed by atoms with E-state index in [9.17, 15) is 0 Å². The lowest BCUT2D eigenvalue weighted by atomic mass is 10.7. The fraction of sp³-hybridized carbons (Fsp3) is 0. The Labute approximate surface area is 39.0 Å². The fourth-order valence-corrected chi connectivity index (χ4v) is 0. The third kappa shape index (κ3) is 5.05. The predicted octanol–water partition coefficient (Wildman–Crippen LogP) is 0.580. The highest BCUT2D eigenvalue weighted by atomic mass is 32.0. The Bertz CT molecular complexity index is 18.9. The molecule has 0 aliphatic rings. The molecule has 0 atom stereocenters. The third-order valence-corrected chi connectivity index (χ3v) is 1.20. The Kier molecular flexibility index (Phi) is 3.94. The van der Waals surface area contributed by atoms with E-state index in [2.05, 4.69) is 0 Å². The lowest BCUT2D eigenvalue weighted by Gasteiger charge is -2.17. The second-order valence-electron chi connectivity index (χ2n) is 0.495. The molecule has 0 aromatic rings. The highest BCUT2D eigenvalue weighted by Gasteiger charge is 1.58. The van der Waals surface area contributed by atoms with Crippen LogP contribution in [0.15, 0.2) is 0 Å². The molecule has 0 fully saturated rings. The summed E-state index contributed by atoms with van der Waals surface area (Å²) in [5, 5.41) is 0. The van der Waals surface area contributed by atoms with E-state index in [1.54, 1.807) is 0 Å². The maximum Gasteiger partial charge on any atom is 0.0583 e. The molecule has 0 bridgehead atoms. The van der Waals surface area contributed by atoms with Crippen molar-refractivity contribution in [3.05, 3.63) is 0 Å². The summed E-state index contributed by atoms with van der Waals surface area (Å²) < 4.78 is 0. The Balaban J connectivity index is 2.54. The second kappa shape index (κ2) is 3.25. The summed E-state index contributed by atoms with van der Waals surface area (Å²) in [6, 6.07) is 0. The molecular formula is B3P2-. The van der Waals surface area contributed by atoms with Gasteiger partial charge >= 0.3 is 0 Å². The van der Waals surface area contributed by atoms with Crippen LogP contribution in [0.2, 0.25) is 0 Å². The van der Waals surface area contributed by atoms with Gasteiger partial charge < -0.3 is 15.5 Å². The SMILES string of the molecule is [B][P-]P([B])[B]. The van der Waals surface area contributed by atoms with E-state index in [0.717, 1.165) is 0 Å². The Morgan fingerprint density at radius 2 is 1.60 bits per heavy atom. The maximum absolute atomic E-state index is 5.00. The monoisotopic (exact) mass is 95.0 g/mol. The molecular weight excluding hydrogens is 94.4 g/mol. The zero-order valence-electron chi connectivity index (χ0n) is 2.63. The van der Waals surface area contributed by atoms with Crippen molar-refractivity contribution in [3.63, 3.8) is 0 Å². The van der Waals surface area contributed by atoms with Gasteiger partial charge in [-0.05, 0) is 0 Å². The predicted molar refractivity (Wildman–Crippen MR) is 31.1 cm³/mol. The summed E-state index contributed by atoms with van der Waals surface area (Å²) in [7, 11) is 14.7. The molecule has 0 aromatic heterocycles. The quantitative estimate of drug-likeness (QED) is 0.329. The maximum atomic E-state index is 5.00. The average molecular weight is 94.4 g/mol. The highest BCUT2D eigenvalue weighted by Crippen LogP contribution is 2.42. The van der Waals surface area contributed by atoms with Crippen LogP contribution in [0.4, 0.5) is 0 Å². The van der Waals surface area contributed by atoms with Crippen molar-refractivity contribution in [2.45, 2.75) is 0 Å². The Morgan fingerprint density at radius 1 is 1.40 bits per heavy atom. The molecule has 0 saturated carbocycles. The summed E-state index contributed by atoms with van der Waals surface area (Å²) in [6.45, 7) is 0. The average Bonchev–Trinajstić information content (AvgIpc) is 1.38. The van der Waals surface area contributed by atoms with Crippen LogP contribution in [-0.4, -0.2) is 22.7 Å². The Morgan fingerprint density at radius 3 is 1.60 bits per heavy atom. The zero-order chi connectivity index (χ0) is 4.28. The van der Waals surface area contributed by atoms with Gasteiger partial charge in [0.1, 0.15) is 0 Å². The molecule has 0 spiro atoms. The van der Waals surface area contributed by atoms with E-state index in [1.165, 1.54) is 0 Å². The molecule has 0 nitrogen and oxygen atoms in total. The van der Waals surface area contributed by atoms with Gasteiger partial charge in [-0.2, -0.15) is 7.57 Å². The third-order valence-electron chi connectivity index (χ3n) is 0.133. The lowest BCUT2D eigenvalue weighted by molar-refractivity contribution is 4.57. The van der Waals surface area contributed by atoms with Gasteiger partial charge in [0.15, 0.2) is 0 Å². The topological polar surface area (TPSA) is 0 Å². The zero-order valence-corrected chi connectivity index (χ0v) is 4.42. The van der Waals surface area contributed by atoms with Crippen LogP contribution in [0.5, 0.6) is 0 Å². The first-order chi connectivity index (χ1) is 2.27. The number of rotatable bonds is 1. The largest absolute Gasteiger partial charge is 0.576 e. The van der Waals surface area contributed by atoms with Gasteiger partial charge in [-0.1, -0.05) is 0 Å². The molecule has 0 saturated heterocycles. The molecule has 0 aromatic carbocycles. The van der Waals surface area contributed by atoms with Crippen LogP contribution in [0.25, 0.3) is 0 Å². The summed E-state index contributed by atoms with van der Waals surface area (Å²) in [5.74, 6) is 0. The van der Waals surface area contributed by atoms with E-state index in [1.807, 2.05) is 0 Å². The first-order valence-corrected chi connectivity index (χ1v) is 4.12. The minimum Gasteiger partial charge on any atom is -0.576 e. The van der Waals surface area contributed by atoms with Gasteiger partial charge in [-0.25, -0.2) is 0 Å². The van der Waals surface area contributed by atoms with Gasteiger partial charge in [0.05, 0.1) is 15.1 Å². The van der Waals surface area contributed by atoms with Crippen LogP contribution < -0.4 is 0 Å². The minimum atomic E-state index is -0.848. The van der Waals surface area contributed by atoms with Crippen LogP contribution in [0.3, 0.4) is 0 Å². The standard InChI is InChI=1S/B3P2/c1-4-5(2)3/q-1.